The van der Waals surface area contributed by atoms with Crippen LogP contribution in [0.1, 0.15) is 55.7 Å². The minimum absolute atomic E-state index is 0.139. The lowest BCUT2D eigenvalue weighted by molar-refractivity contribution is -0.0557. The van der Waals surface area contributed by atoms with Gasteiger partial charge in [0.2, 0.25) is 0 Å². The summed E-state index contributed by atoms with van der Waals surface area (Å²) in [7, 11) is 0. The van der Waals surface area contributed by atoms with Gasteiger partial charge in [0.1, 0.15) is 11.7 Å². The van der Waals surface area contributed by atoms with Gasteiger partial charge in [-0.1, -0.05) is 43.5 Å². The van der Waals surface area contributed by atoms with Crippen molar-refractivity contribution in [2.45, 2.75) is 63.6 Å². The standard InChI is InChI=1S/C25H29NO3/c1-2-27-23-11-10-20(22-17-25(29-26-22)12-6-3-7-13-25)16-24(23)28-21-14-18-8-4-5-9-19(18)15-21/h4-5,8-11,16-17,21,26H,2-3,6-7,12-15H2,1H3. The van der Waals surface area contributed by atoms with E-state index in [9.17, 15) is 0 Å². The van der Waals surface area contributed by atoms with Crippen molar-refractivity contribution in [2.24, 2.45) is 0 Å². The normalized spacial score (nSPS) is 20.2. The molecule has 5 rings (SSSR count). The zero-order valence-electron chi connectivity index (χ0n) is 17.1. The predicted molar refractivity (Wildman–Crippen MR) is 114 cm³/mol. The van der Waals surface area contributed by atoms with Crippen LogP contribution in [0.2, 0.25) is 0 Å². The number of nitrogens with one attached hydrogen (secondary N) is 1. The molecule has 2 aromatic rings. The lowest BCUT2D eigenvalue weighted by Gasteiger charge is -2.29. The molecular formula is C25H29NO3. The topological polar surface area (TPSA) is 39.7 Å². The number of hydrogen-bond acceptors (Lipinski definition) is 4. The second-order valence-corrected chi connectivity index (χ2v) is 8.40. The molecule has 1 N–H and O–H groups in total. The molecule has 2 aromatic carbocycles. The molecule has 1 saturated carbocycles. The highest BCUT2D eigenvalue weighted by Crippen LogP contribution is 2.40. The third-order valence-electron chi connectivity index (χ3n) is 6.33. The Labute approximate surface area is 172 Å². The van der Waals surface area contributed by atoms with Crippen LogP contribution in [0, 0.1) is 0 Å². The SMILES string of the molecule is CCOc1ccc(C2=CC3(CCCCC3)ON2)cc1OC1Cc2ccccc2C1. The van der Waals surface area contributed by atoms with Gasteiger partial charge in [-0.25, -0.2) is 0 Å². The first-order chi connectivity index (χ1) is 14.2. The fourth-order valence-electron chi connectivity index (χ4n) is 4.84. The first-order valence-corrected chi connectivity index (χ1v) is 10.9. The van der Waals surface area contributed by atoms with Crippen molar-refractivity contribution in [3.05, 3.63) is 65.2 Å². The third kappa shape index (κ3) is 3.74. The molecule has 0 bridgehead atoms. The highest BCUT2D eigenvalue weighted by molar-refractivity contribution is 5.68. The van der Waals surface area contributed by atoms with Gasteiger partial charge in [-0.3, -0.25) is 10.3 Å². The van der Waals surface area contributed by atoms with Crippen molar-refractivity contribution >= 4 is 5.70 Å². The average Bonchev–Trinajstić information content (AvgIpc) is 3.34. The first kappa shape index (κ1) is 18.6. The fourth-order valence-corrected chi connectivity index (χ4v) is 4.84. The van der Waals surface area contributed by atoms with Gasteiger partial charge in [0.05, 0.1) is 12.3 Å². The number of ether oxygens (including phenoxy) is 2. The number of hydrogen-bond donors (Lipinski definition) is 1. The van der Waals surface area contributed by atoms with E-state index in [-0.39, 0.29) is 11.7 Å². The molecule has 152 valence electrons. The van der Waals surface area contributed by atoms with Crippen LogP contribution < -0.4 is 15.0 Å². The monoisotopic (exact) mass is 391 g/mol. The minimum Gasteiger partial charge on any atom is -0.490 e. The maximum Gasteiger partial charge on any atom is 0.162 e. The average molecular weight is 392 g/mol. The molecule has 4 heteroatoms. The van der Waals surface area contributed by atoms with E-state index in [1.165, 1.54) is 30.4 Å². The molecule has 0 atom stereocenters. The van der Waals surface area contributed by atoms with E-state index in [0.717, 1.165) is 48.4 Å². The Morgan fingerprint density at radius 3 is 2.48 bits per heavy atom. The van der Waals surface area contributed by atoms with Crippen molar-refractivity contribution < 1.29 is 14.3 Å². The van der Waals surface area contributed by atoms with Crippen LogP contribution in [0.25, 0.3) is 5.70 Å². The van der Waals surface area contributed by atoms with E-state index < -0.39 is 0 Å². The van der Waals surface area contributed by atoms with Gasteiger partial charge in [-0.15, -0.1) is 0 Å². The Kier molecular flexibility index (Phi) is 4.96. The molecule has 4 nitrogen and oxygen atoms in total. The summed E-state index contributed by atoms with van der Waals surface area (Å²) in [6, 6.07) is 14.8. The van der Waals surface area contributed by atoms with Crippen molar-refractivity contribution in [1.82, 2.24) is 5.48 Å². The fraction of sp³-hybridized carbons (Fsp3) is 0.440. The van der Waals surface area contributed by atoms with Gasteiger partial charge in [0.25, 0.3) is 0 Å². The Morgan fingerprint density at radius 2 is 1.76 bits per heavy atom. The molecule has 1 heterocycles. The molecule has 1 fully saturated rings. The van der Waals surface area contributed by atoms with Crippen LogP contribution >= 0.6 is 0 Å². The summed E-state index contributed by atoms with van der Waals surface area (Å²) in [6.07, 6.45) is 10.2. The van der Waals surface area contributed by atoms with Gasteiger partial charge < -0.3 is 9.47 Å². The van der Waals surface area contributed by atoms with E-state index in [1.54, 1.807) is 0 Å². The second-order valence-electron chi connectivity index (χ2n) is 8.40. The lowest BCUT2D eigenvalue weighted by atomic mass is 9.84. The summed E-state index contributed by atoms with van der Waals surface area (Å²) in [6.45, 7) is 2.62. The molecule has 1 aliphatic heterocycles. The van der Waals surface area contributed by atoms with Crippen molar-refractivity contribution in [1.29, 1.82) is 0 Å². The lowest BCUT2D eigenvalue weighted by Crippen LogP contribution is -2.31. The Hall–Kier alpha value is -2.46. The summed E-state index contributed by atoms with van der Waals surface area (Å²) < 4.78 is 12.3. The number of rotatable bonds is 5. The number of fused-ring (bicyclic) bond motifs is 1. The molecule has 1 spiro atoms. The van der Waals surface area contributed by atoms with Crippen LogP contribution in [0.15, 0.2) is 48.5 Å². The third-order valence-corrected chi connectivity index (χ3v) is 6.33. The van der Waals surface area contributed by atoms with Gasteiger partial charge in [0.15, 0.2) is 11.5 Å². The molecule has 0 amide bonds. The van der Waals surface area contributed by atoms with E-state index in [1.807, 2.05) is 13.0 Å². The zero-order valence-corrected chi connectivity index (χ0v) is 17.1. The Balaban J connectivity index is 1.39. The van der Waals surface area contributed by atoms with E-state index in [0.29, 0.717) is 6.61 Å². The van der Waals surface area contributed by atoms with Gasteiger partial charge in [0, 0.05) is 18.4 Å². The molecule has 2 aliphatic carbocycles. The summed E-state index contributed by atoms with van der Waals surface area (Å²) >= 11 is 0. The molecule has 0 radical (unpaired) electrons. The highest BCUT2D eigenvalue weighted by Gasteiger charge is 2.36. The van der Waals surface area contributed by atoms with Crippen LogP contribution in [-0.2, 0) is 17.7 Å². The zero-order chi connectivity index (χ0) is 19.7. The first-order valence-electron chi connectivity index (χ1n) is 10.9. The smallest absolute Gasteiger partial charge is 0.162 e. The Bertz CT molecular complexity index is 889. The predicted octanol–water partition coefficient (Wildman–Crippen LogP) is 5.21. The van der Waals surface area contributed by atoms with Gasteiger partial charge >= 0.3 is 0 Å². The van der Waals surface area contributed by atoms with Crippen LogP contribution in [-0.4, -0.2) is 18.3 Å². The number of benzene rings is 2. The summed E-state index contributed by atoms with van der Waals surface area (Å²) in [5.74, 6) is 1.62. The van der Waals surface area contributed by atoms with Crippen LogP contribution in [0.3, 0.4) is 0 Å². The molecule has 0 saturated heterocycles. The van der Waals surface area contributed by atoms with E-state index >= 15 is 0 Å². The molecular weight excluding hydrogens is 362 g/mol. The molecule has 0 aromatic heterocycles. The molecule has 0 unspecified atom stereocenters. The summed E-state index contributed by atoms with van der Waals surface area (Å²) in [4.78, 5) is 6.03. The summed E-state index contributed by atoms with van der Waals surface area (Å²) in [5, 5.41) is 0. The van der Waals surface area contributed by atoms with Crippen molar-refractivity contribution in [3.63, 3.8) is 0 Å². The van der Waals surface area contributed by atoms with Crippen molar-refractivity contribution in [2.75, 3.05) is 6.61 Å². The van der Waals surface area contributed by atoms with Gasteiger partial charge in [-0.05, 0) is 55.2 Å². The van der Waals surface area contributed by atoms with Gasteiger partial charge in [-0.2, -0.15) is 0 Å². The molecule has 29 heavy (non-hydrogen) atoms. The molecule has 3 aliphatic rings. The van der Waals surface area contributed by atoms with Crippen LogP contribution in [0.4, 0.5) is 0 Å². The maximum absolute atomic E-state index is 6.46. The highest BCUT2D eigenvalue weighted by atomic mass is 16.7. The van der Waals surface area contributed by atoms with E-state index in [4.69, 9.17) is 14.3 Å². The minimum atomic E-state index is -0.139. The quantitative estimate of drug-likeness (QED) is 0.759. The largest absolute Gasteiger partial charge is 0.490 e. The second kappa shape index (κ2) is 7.75. The van der Waals surface area contributed by atoms with E-state index in [2.05, 4.69) is 48.0 Å². The maximum atomic E-state index is 6.46. The van der Waals surface area contributed by atoms with Crippen molar-refractivity contribution in [3.8, 4) is 11.5 Å². The summed E-state index contributed by atoms with van der Waals surface area (Å²) in [5.41, 5.74) is 7.94. The number of hydroxylamine groups is 1. The van der Waals surface area contributed by atoms with Crippen LogP contribution in [0.5, 0.6) is 11.5 Å². The Morgan fingerprint density at radius 1 is 1.00 bits per heavy atom.